The van der Waals surface area contributed by atoms with Crippen molar-refractivity contribution < 1.29 is 9.94 Å². The van der Waals surface area contributed by atoms with Crippen LogP contribution in [0.3, 0.4) is 0 Å². The highest BCUT2D eigenvalue weighted by Gasteiger charge is 2.22. The molecule has 3 N–H and O–H groups in total. The Hall–Kier alpha value is -1.75. The number of piperidine rings is 1. The molecule has 0 bridgehead atoms. The zero-order valence-electron chi connectivity index (χ0n) is 12.9. The van der Waals surface area contributed by atoms with Gasteiger partial charge in [-0.1, -0.05) is 18.5 Å². The van der Waals surface area contributed by atoms with Gasteiger partial charge in [-0.15, -0.1) is 0 Å². The van der Waals surface area contributed by atoms with Crippen molar-refractivity contribution in [2.75, 3.05) is 13.7 Å². The molecule has 1 aromatic carbocycles. The first-order valence-electron chi connectivity index (χ1n) is 7.58. The number of likely N-dealkylation sites (tertiary alicyclic amines) is 1. The third kappa shape index (κ3) is 3.67. The van der Waals surface area contributed by atoms with E-state index in [1.807, 2.05) is 18.2 Å². The predicted molar refractivity (Wildman–Crippen MR) is 83.8 cm³/mol. The Morgan fingerprint density at radius 1 is 1.48 bits per heavy atom. The Bertz CT molecular complexity index is 502. The van der Waals surface area contributed by atoms with E-state index in [1.165, 1.54) is 25.7 Å². The van der Waals surface area contributed by atoms with Crippen molar-refractivity contribution in [3.05, 3.63) is 29.3 Å². The maximum absolute atomic E-state index is 8.83. The second-order valence-electron chi connectivity index (χ2n) is 5.54. The van der Waals surface area contributed by atoms with E-state index in [-0.39, 0.29) is 5.84 Å². The zero-order chi connectivity index (χ0) is 15.2. The van der Waals surface area contributed by atoms with Crippen molar-refractivity contribution in [3.8, 4) is 5.75 Å². The van der Waals surface area contributed by atoms with E-state index in [9.17, 15) is 0 Å². The summed E-state index contributed by atoms with van der Waals surface area (Å²) in [6.07, 6.45) is 5.00. The molecule has 0 saturated carbocycles. The normalized spacial score (nSPS) is 20.5. The van der Waals surface area contributed by atoms with Crippen LogP contribution in [-0.4, -0.2) is 35.6 Å². The van der Waals surface area contributed by atoms with Gasteiger partial charge < -0.3 is 15.7 Å². The van der Waals surface area contributed by atoms with Crippen molar-refractivity contribution in [1.82, 2.24) is 4.90 Å². The summed E-state index contributed by atoms with van der Waals surface area (Å²) in [6.45, 7) is 4.21. The summed E-state index contributed by atoms with van der Waals surface area (Å²) in [7, 11) is 1.68. The predicted octanol–water partition coefficient (Wildman–Crippen LogP) is 2.55. The smallest absolute Gasteiger partial charge is 0.170 e. The van der Waals surface area contributed by atoms with Crippen molar-refractivity contribution in [2.45, 2.75) is 45.2 Å². The van der Waals surface area contributed by atoms with Crippen LogP contribution in [0.25, 0.3) is 0 Å². The first-order chi connectivity index (χ1) is 10.2. The van der Waals surface area contributed by atoms with Crippen LogP contribution in [0.5, 0.6) is 5.75 Å². The Morgan fingerprint density at radius 2 is 2.29 bits per heavy atom. The van der Waals surface area contributed by atoms with E-state index in [0.717, 1.165) is 30.0 Å². The van der Waals surface area contributed by atoms with Crippen molar-refractivity contribution in [3.63, 3.8) is 0 Å². The molecule has 1 aliphatic rings. The monoisotopic (exact) mass is 291 g/mol. The van der Waals surface area contributed by atoms with Gasteiger partial charge in [-0.3, -0.25) is 4.90 Å². The molecule has 1 atom stereocenters. The molecule has 1 aliphatic heterocycles. The van der Waals surface area contributed by atoms with Crippen LogP contribution in [0.1, 0.15) is 43.7 Å². The Labute approximate surface area is 126 Å². The minimum Gasteiger partial charge on any atom is -0.496 e. The summed E-state index contributed by atoms with van der Waals surface area (Å²) in [5, 5.41) is 11.9. The molecular weight excluding hydrogens is 266 g/mol. The van der Waals surface area contributed by atoms with Gasteiger partial charge in [-0.2, -0.15) is 0 Å². The quantitative estimate of drug-likeness (QED) is 0.378. The molecule has 1 unspecified atom stereocenters. The topological polar surface area (TPSA) is 71.1 Å². The number of rotatable bonds is 5. The average Bonchev–Trinajstić information content (AvgIpc) is 2.54. The molecule has 1 fully saturated rings. The van der Waals surface area contributed by atoms with Gasteiger partial charge in [0, 0.05) is 23.7 Å². The molecular formula is C16H25N3O2. The van der Waals surface area contributed by atoms with Gasteiger partial charge in [-0.25, -0.2) is 0 Å². The van der Waals surface area contributed by atoms with E-state index in [2.05, 4.69) is 17.0 Å². The largest absolute Gasteiger partial charge is 0.496 e. The van der Waals surface area contributed by atoms with Gasteiger partial charge >= 0.3 is 0 Å². The van der Waals surface area contributed by atoms with Crippen molar-refractivity contribution in [1.29, 1.82) is 0 Å². The molecule has 1 aromatic rings. The summed E-state index contributed by atoms with van der Waals surface area (Å²) < 4.78 is 5.45. The first-order valence-corrected chi connectivity index (χ1v) is 7.58. The van der Waals surface area contributed by atoms with Crippen LogP contribution in [-0.2, 0) is 6.54 Å². The van der Waals surface area contributed by atoms with Gasteiger partial charge in [0.1, 0.15) is 5.75 Å². The van der Waals surface area contributed by atoms with Crippen molar-refractivity contribution in [2.24, 2.45) is 10.9 Å². The number of nitrogens with zero attached hydrogens (tertiary/aromatic N) is 2. The van der Waals surface area contributed by atoms with E-state index in [4.69, 9.17) is 15.7 Å². The lowest BCUT2D eigenvalue weighted by molar-refractivity contribution is 0.135. The summed E-state index contributed by atoms with van der Waals surface area (Å²) in [4.78, 5) is 2.51. The second-order valence-corrected chi connectivity index (χ2v) is 5.54. The van der Waals surface area contributed by atoms with Crippen LogP contribution in [0.15, 0.2) is 23.4 Å². The zero-order valence-corrected chi connectivity index (χ0v) is 12.9. The van der Waals surface area contributed by atoms with Crippen LogP contribution in [0.4, 0.5) is 0 Å². The highest BCUT2D eigenvalue weighted by molar-refractivity contribution is 5.97. The molecule has 1 saturated heterocycles. The molecule has 0 radical (unpaired) electrons. The first kappa shape index (κ1) is 15.6. The van der Waals surface area contributed by atoms with E-state index < -0.39 is 0 Å². The second kappa shape index (κ2) is 7.31. The summed E-state index contributed by atoms with van der Waals surface area (Å²) in [6, 6.07) is 6.28. The van der Waals surface area contributed by atoms with E-state index in [1.54, 1.807) is 7.11 Å². The van der Waals surface area contributed by atoms with Gasteiger partial charge in [0.25, 0.3) is 0 Å². The fourth-order valence-corrected chi connectivity index (χ4v) is 3.07. The number of amidine groups is 1. The number of benzene rings is 1. The summed E-state index contributed by atoms with van der Waals surface area (Å²) >= 11 is 0. The summed E-state index contributed by atoms with van der Waals surface area (Å²) in [5.74, 6) is 0.981. The minimum absolute atomic E-state index is 0.129. The Balaban J connectivity index is 2.24. The molecule has 1 heterocycles. The lowest BCUT2D eigenvalue weighted by Crippen LogP contribution is -2.38. The fraction of sp³-hybridized carbons (Fsp3) is 0.562. The molecule has 2 rings (SSSR count). The van der Waals surface area contributed by atoms with Crippen LogP contribution < -0.4 is 10.5 Å². The van der Waals surface area contributed by atoms with Gasteiger partial charge in [0.05, 0.1) is 7.11 Å². The number of methoxy groups -OCH3 is 1. The molecule has 21 heavy (non-hydrogen) atoms. The minimum atomic E-state index is 0.129. The van der Waals surface area contributed by atoms with Crippen molar-refractivity contribution >= 4 is 5.84 Å². The molecule has 0 aliphatic carbocycles. The SMILES string of the molecule is CCC1CCCCN1Cc1cc(/C(N)=N/O)ccc1OC. The van der Waals surface area contributed by atoms with Crippen LogP contribution in [0.2, 0.25) is 0 Å². The number of ether oxygens (including phenoxy) is 1. The maximum atomic E-state index is 8.83. The number of oxime groups is 1. The molecule has 0 amide bonds. The number of nitrogens with two attached hydrogens (primary N) is 1. The number of hydrogen-bond donors (Lipinski definition) is 2. The summed E-state index contributed by atoms with van der Waals surface area (Å²) in [5.41, 5.74) is 7.49. The van der Waals surface area contributed by atoms with E-state index in [0.29, 0.717) is 6.04 Å². The standard InChI is InChI=1S/C16H25N3O2/c1-3-14-6-4-5-9-19(14)11-13-10-12(16(17)18-20)7-8-15(13)21-2/h7-8,10,14,20H,3-6,9,11H2,1-2H3,(H2,17,18). The third-order valence-electron chi connectivity index (χ3n) is 4.28. The highest BCUT2D eigenvalue weighted by Crippen LogP contribution is 2.26. The molecule has 5 heteroatoms. The highest BCUT2D eigenvalue weighted by atomic mass is 16.5. The average molecular weight is 291 g/mol. The number of hydrogen-bond acceptors (Lipinski definition) is 4. The van der Waals surface area contributed by atoms with Gasteiger partial charge in [-0.05, 0) is 44.0 Å². The lowest BCUT2D eigenvalue weighted by Gasteiger charge is -2.35. The van der Waals surface area contributed by atoms with Gasteiger partial charge in [0.15, 0.2) is 5.84 Å². The maximum Gasteiger partial charge on any atom is 0.170 e. The van der Waals surface area contributed by atoms with E-state index >= 15 is 0 Å². The third-order valence-corrected chi connectivity index (χ3v) is 4.28. The molecule has 5 nitrogen and oxygen atoms in total. The fourth-order valence-electron chi connectivity index (χ4n) is 3.07. The lowest BCUT2D eigenvalue weighted by atomic mass is 9.98. The van der Waals surface area contributed by atoms with Crippen LogP contribution >= 0.6 is 0 Å². The Kier molecular flexibility index (Phi) is 5.44. The van der Waals surface area contributed by atoms with Gasteiger partial charge in [0.2, 0.25) is 0 Å². The molecule has 0 spiro atoms. The van der Waals surface area contributed by atoms with Crippen LogP contribution in [0, 0.1) is 0 Å². The molecule has 0 aromatic heterocycles. The molecule has 116 valence electrons. The Morgan fingerprint density at radius 3 is 2.95 bits per heavy atom.